The van der Waals surface area contributed by atoms with E-state index in [0.717, 1.165) is 17.1 Å². The predicted molar refractivity (Wildman–Crippen MR) is 72.5 cm³/mol. The molecule has 0 bridgehead atoms. The van der Waals surface area contributed by atoms with E-state index in [1.807, 2.05) is 32.2 Å². The summed E-state index contributed by atoms with van der Waals surface area (Å²) in [7, 11) is 1.83. The number of hydrogen-bond donors (Lipinski definition) is 2. The Hall–Kier alpha value is -1.75. The van der Waals surface area contributed by atoms with Crippen molar-refractivity contribution in [1.29, 1.82) is 0 Å². The highest BCUT2D eigenvalue weighted by molar-refractivity contribution is 5.76. The Morgan fingerprint density at radius 3 is 2.79 bits per heavy atom. The topological polar surface area (TPSA) is 59.6 Å². The van der Waals surface area contributed by atoms with Crippen molar-refractivity contribution < 1.29 is 14.3 Å². The molecule has 5 heteroatoms. The van der Waals surface area contributed by atoms with Crippen molar-refractivity contribution in [1.82, 2.24) is 10.6 Å². The van der Waals surface area contributed by atoms with Crippen LogP contribution in [0.15, 0.2) is 18.2 Å². The van der Waals surface area contributed by atoms with Crippen LogP contribution in [0.3, 0.4) is 0 Å². The molecule has 2 N–H and O–H groups in total. The molecule has 1 aromatic rings. The number of nitrogens with one attached hydrogen (secondary N) is 2. The SMILES string of the molecule is CNCCC(=O)NC(C)c1ccc2c(c1)OCCO2. The van der Waals surface area contributed by atoms with Crippen molar-refractivity contribution in [2.24, 2.45) is 0 Å². The van der Waals surface area contributed by atoms with Crippen LogP contribution in [0.2, 0.25) is 0 Å². The molecule has 0 radical (unpaired) electrons. The molecule has 1 aliphatic heterocycles. The molecule has 0 saturated carbocycles. The van der Waals surface area contributed by atoms with Gasteiger partial charge in [-0.15, -0.1) is 0 Å². The lowest BCUT2D eigenvalue weighted by molar-refractivity contribution is -0.121. The van der Waals surface area contributed by atoms with E-state index in [1.165, 1.54) is 0 Å². The first-order valence-electron chi connectivity index (χ1n) is 6.54. The van der Waals surface area contributed by atoms with Gasteiger partial charge in [-0.25, -0.2) is 0 Å². The fourth-order valence-corrected chi connectivity index (χ4v) is 1.96. The second-order valence-electron chi connectivity index (χ2n) is 4.55. The number of rotatable bonds is 5. The third-order valence-electron chi connectivity index (χ3n) is 3.05. The summed E-state index contributed by atoms with van der Waals surface area (Å²) in [5.74, 6) is 1.56. The highest BCUT2D eigenvalue weighted by Crippen LogP contribution is 2.32. The monoisotopic (exact) mass is 264 g/mol. The number of hydrogen-bond acceptors (Lipinski definition) is 4. The molecule has 0 aliphatic carbocycles. The highest BCUT2D eigenvalue weighted by atomic mass is 16.6. The minimum atomic E-state index is -0.0415. The predicted octanol–water partition coefficient (Wildman–Crippen LogP) is 1.24. The van der Waals surface area contributed by atoms with E-state index in [2.05, 4.69) is 10.6 Å². The Labute approximate surface area is 113 Å². The fraction of sp³-hybridized carbons (Fsp3) is 0.500. The maximum Gasteiger partial charge on any atom is 0.221 e. The Morgan fingerprint density at radius 1 is 1.32 bits per heavy atom. The molecule has 0 spiro atoms. The quantitative estimate of drug-likeness (QED) is 0.840. The van der Waals surface area contributed by atoms with Crippen molar-refractivity contribution in [3.63, 3.8) is 0 Å². The van der Waals surface area contributed by atoms with Gasteiger partial charge in [-0.05, 0) is 31.7 Å². The van der Waals surface area contributed by atoms with Gasteiger partial charge in [0, 0.05) is 13.0 Å². The lowest BCUT2D eigenvalue weighted by Gasteiger charge is -2.21. The van der Waals surface area contributed by atoms with Gasteiger partial charge < -0.3 is 20.1 Å². The van der Waals surface area contributed by atoms with Crippen molar-refractivity contribution in [3.05, 3.63) is 23.8 Å². The lowest BCUT2D eigenvalue weighted by Crippen LogP contribution is -2.29. The molecule has 1 amide bonds. The molecule has 0 fully saturated rings. The molecule has 1 atom stereocenters. The maximum atomic E-state index is 11.7. The largest absolute Gasteiger partial charge is 0.486 e. The average molecular weight is 264 g/mol. The van der Waals surface area contributed by atoms with Gasteiger partial charge in [0.25, 0.3) is 0 Å². The van der Waals surface area contributed by atoms with Gasteiger partial charge in [0.2, 0.25) is 5.91 Å². The molecule has 1 unspecified atom stereocenters. The zero-order valence-corrected chi connectivity index (χ0v) is 11.4. The standard InChI is InChI=1S/C14H20N2O3/c1-10(16-14(17)5-6-15-2)11-3-4-12-13(9-11)19-8-7-18-12/h3-4,9-10,15H,5-8H2,1-2H3,(H,16,17). The van der Waals surface area contributed by atoms with Crippen LogP contribution in [0.25, 0.3) is 0 Å². The molecule has 1 aliphatic rings. The summed E-state index contributed by atoms with van der Waals surface area (Å²) in [6.07, 6.45) is 0.478. The number of amides is 1. The van der Waals surface area contributed by atoms with Crippen LogP contribution < -0.4 is 20.1 Å². The fourth-order valence-electron chi connectivity index (χ4n) is 1.96. The summed E-state index contributed by atoms with van der Waals surface area (Å²) < 4.78 is 11.0. The average Bonchev–Trinajstić information content (AvgIpc) is 2.44. The van der Waals surface area contributed by atoms with Gasteiger partial charge in [-0.3, -0.25) is 4.79 Å². The number of benzene rings is 1. The molecule has 1 heterocycles. The van der Waals surface area contributed by atoms with E-state index >= 15 is 0 Å². The molecule has 0 saturated heterocycles. The van der Waals surface area contributed by atoms with Gasteiger partial charge in [0.05, 0.1) is 6.04 Å². The highest BCUT2D eigenvalue weighted by Gasteiger charge is 2.15. The number of carbonyl (C=O) groups excluding carboxylic acids is 1. The van der Waals surface area contributed by atoms with Crippen LogP contribution in [-0.4, -0.2) is 32.7 Å². The minimum absolute atomic E-state index is 0.0386. The number of fused-ring (bicyclic) bond motifs is 1. The van der Waals surface area contributed by atoms with Crippen molar-refractivity contribution >= 4 is 5.91 Å². The third kappa shape index (κ3) is 3.61. The Morgan fingerprint density at radius 2 is 2.05 bits per heavy atom. The van der Waals surface area contributed by atoms with E-state index in [4.69, 9.17) is 9.47 Å². The van der Waals surface area contributed by atoms with Crippen LogP contribution in [0, 0.1) is 0 Å². The Kier molecular flexibility index (Phi) is 4.63. The first kappa shape index (κ1) is 13.7. The zero-order chi connectivity index (χ0) is 13.7. The summed E-state index contributed by atoms with van der Waals surface area (Å²) in [4.78, 5) is 11.7. The van der Waals surface area contributed by atoms with E-state index < -0.39 is 0 Å². The van der Waals surface area contributed by atoms with Crippen LogP contribution in [0.5, 0.6) is 11.5 Å². The first-order valence-corrected chi connectivity index (χ1v) is 6.54. The Balaban J connectivity index is 1.99. The molecule has 104 valence electrons. The molecule has 1 aromatic carbocycles. The maximum absolute atomic E-state index is 11.7. The summed E-state index contributed by atoms with van der Waals surface area (Å²) in [5, 5.41) is 5.92. The van der Waals surface area contributed by atoms with E-state index in [1.54, 1.807) is 0 Å². The zero-order valence-electron chi connectivity index (χ0n) is 11.4. The summed E-state index contributed by atoms with van der Waals surface area (Å²) in [6, 6.07) is 5.73. The third-order valence-corrected chi connectivity index (χ3v) is 3.05. The second-order valence-corrected chi connectivity index (χ2v) is 4.55. The summed E-state index contributed by atoms with van der Waals surface area (Å²) in [5.41, 5.74) is 1.02. The van der Waals surface area contributed by atoms with Crippen LogP contribution in [-0.2, 0) is 4.79 Å². The lowest BCUT2D eigenvalue weighted by atomic mass is 10.1. The summed E-state index contributed by atoms with van der Waals surface area (Å²) >= 11 is 0. The van der Waals surface area contributed by atoms with Crippen LogP contribution in [0.4, 0.5) is 0 Å². The first-order chi connectivity index (χ1) is 9.20. The molecular formula is C14H20N2O3. The molecule has 2 rings (SSSR count). The minimum Gasteiger partial charge on any atom is -0.486 e. The van der Waals surface area contributed by atoms with Gasteiger partial charge in [0.15, 0.2) is 11.5 Å². The van der Waals surface area contributed by atoms with E-state index in [9.17, 15) is 4.79 Å². The van der Waals surface area contributed by atoms with E-state index in [0.29, 0.717) is 26.2 Å². The second kappa shape index (κ2) is 6.43. The molecule has 5 nitrogen and oxygen atoms in total. The van der Waals surface area contributed by atoms with E-state index in [-0.39, 0.29) is 11.9 Å². The smallest absolute Gasteiger partial charge is 0.221 e. The Bertz CT molecular complexity index is 448. The molecular weight excluding hydrogens is 244 g/mol. The normalized spacial score (nSPS) is 14.8. The van der Waals surface area contributed by atoms with Crippen molar-refractivity contribution in [2.75, 3.05) is 26.8 Å². The van der Waals surface area contributed by atoms with Gasteiger partial charge >= 0.3 is 0 Å². The summed E-state index contributed by atoms with van der Waals surface area (Å²) in [6.45, 7) is 3.80. The van der Waals surface area contributed by atoms with Crippen molar-refractivity contribution in [2.45, 2.75) is 19.4 Å². The number of carbonyl (C=O) groups is 1. The van der Waals surface area contributed by atoms with Gasteiger partial charge in [-0.2, -0.15) is 0 Å². The van der Waals surface area contributed by atoms with Gasteiger partial charge in [-0.1, -0.05) is 6.07 Å². The van der Waals surface area contributed by atoms with Gasteiger partial charge in [0.1, 0.15) is 13.2 Å². The molecule has 19 heavy (non-hydrogen) atoms. The number of ether oxygens (including phenoxy) is 2. The van der Waals surface area contributed by atoms with Crippen LogP contribution >= 0.6 is 0 Å². The van der Waals surface area contributed by atoms with Crippen molar-refractivity contribution in [3.8, 4) is 11.5 Å². The molecule has 0 aromatic heterocycles. The van der Waals surface area contributed by atoms with Crippen LogP contribution in [0.1, 0.15) is 24.9 Å².